The molecule has 0 aliphatic carbocycles. The molecule has 0 unspecified atom stereocenters. The van der Waals surface area contributed by atoms with Gasteiger partial charge in [-0.2, -0.15) is 10.1 Å². The average molecular weight is 394 g/mol. The molecule has 1 atom stereocenters. The summed E-state index contributed by atoms with van der Waals surface area (Å²) in [5.41, 5.74) is 0.0844. The normalized spacial score (nSPS) is 13.2. The molecule has 3 rings (SSSR count). The summed E-state index contributed by atoms with van der Waals surface area (Å²) in [6, 6.07) is 5.00. The van der Waals surface area contributed by atoms with Crippen LogP contribution in [0.15, 0.2) is 35.1 Å². The van der Waals surface area contributed by atoms with Crippen molar-refractivity contribution >= 4 is 10.0 Å². The van der Waals surface area contributed by atoms with Gasteiger partial charge < -0.3 is 4.52 Å². The van der Waals surface area contributed by atoms with Crippen LogP contribution in [-0.2, 0) is 15.8 Å². The molecule has 27 heavy (non-hydrogen) atoms. The second kappa shape index (κ2) is 7.92. The number of halogens is 1. The minimum Gasteiger partial charge on any atom is -0.337 e. The Hall–Kier alpha value is -2.66. The maximum Gasteiger partial charge on any atom is 0.245 e. The molecule has 0 saturated heterocycles. The minimum absolute atomic E-state index is 0.0844. The lowest BCUT2D eigenvalue weighted by atomic mass is 10.0. The van der Waals surface area contributed by atoms with E-state index in [4.69, 9.17) is 4.52 Å². The Morgan fingerprint density at radius 1 is 1.30 bits per heavy atom. The predicted molar refractivity (Wildman–Crippen MR) is 94.0 cm³/mol. The molecular formula is C16H19FN6O3S. The smallest absolute Gasteiger partial charge is 0.245 e. The summed E-state index contributed by atoms with van der Waals surface area (Å²) < 4.78 is 46.7. The van der Waals surface area contributed by atoms with Gasteiger partial charge in [0.05, 0.1) is 5.75 Å². The summed E-state index contributed by atoms with van der Waals surface area (Å²) in [6.45, 7) is 3.87. The molecule has 11 heteroatoms. The van der Waals surface area contributed by atoms with E-state index in [1.807, 2.05) is 13.8 Å². The molecule has 2 heterocycles. The fraction of sp³-hybridized carbons (Fsp3) is 0.375. The van der Waals surface area contributed by atoms with Crippen molar-refractivity contribution in [2.24, 2.45) is 5.92 Å². The van der Waals surface area contributed by atoms with Gasteiger partial charge in [-0.15, -0.1) is 0 Å². The Bertz CT molecular complexity index is 987. The number of benzene rings is 1. The molecule has 3 aromatic rings. The van der Waals surface area contributed by atoms with E-state index in [1.54, 1.807) is 6.07 Å². The first-order valence-electron chi connectivity index (χ1n) is 8.27. The van der Waals surface area contributed by atoms with E-state index < -0.39 is 27.6 Å². The second-order valence-electron chi connectivity index (χ2n) is 6.44. The molecule has 0 aliphatic heterocycles. The van der Waals surface area contributed by atoms with Crippen molar-refractivity contribution in [2.75, 3.05) is 0 Å². The monoisotopic (exact) mass is 394 g/mol. The van der Waals surface area contributed by atoms with E-state index in [1.165, 1.54) is 24.5 Å². The summed E-state index contributed by atoms with van der Waals surface area (Å²) in [6.07, 6.45) is 1.72. The van der Waals surface area contributed by atoms with Gasteiger partial charge in [0.15, 0.2) is 5.82 Å². The van der Waals surface area contributed by atoms with Gasteiger partial charge in [0.25, 0.3) is 0 Å². The molecule has 144 valence electrons. The van der Waals surface area contributed by atoms with Crippen LogP contribution in [0, 0.1) is 11.7 Å². The zero-order chi connectivity index (χ0) is 19.4. The number of hydrogen-bond donors (Lipinski definition) is 2. The first-order valence-corrected chi connectivity index (χ1v) is 9.92. The number of rotatable bonds is 8. The standard InChI is InChI=1S/C16H19FN6O3S/c1-10(2)7-13(16-20-15(22-26-16)14-18-9-19-21-14)23-27(24,25)8-11-5-3-4-6-12(11)17/h3-6,9-10,13,23H,7-8H2,1-2H3,(H,18,19,21)/t13-/m1/s1. The minimum atomic E-state index is -3.85. The number of sulfonamides is 1. The SMILES string of the molecule is CC(C)C[C@@H](NS(=O)(=O)Cc1ccccc1F)c1nc(-c2ncn[nH]2)no1. The van der Waals surface area contributed by atoms with Crippen LogP contribution in [0.3, 0.4) is 0 Å². The molecule has 0 bridgehead atoms. The molecular weight excluding hydrogens is 375 g/mol. The Labute approximate surface area is 155 Å². The van der Waals surface area contributed by atoms with Gasteiger partial charge in [-0.1, -0.05) is 37.2 Å². The third-order valence-electron chi connectivity index (χ3n) is 3.70. The third kappa shape index (κ3) is 4.95. The molecule has 0 radical (unpaired) electrons. The fourth-order valence-corrected chi connectivity index (χ4v) is 3.89. The topological polar surface area (TPSA) is 127 Å². The molecule has 2 aromatic heterocycles. The third-order valence-corrected chi connectivity index (χ3v) is 5.03. The Morgan fingerprint density at radius 2 is 2.07 bits per heavy atom. The van der Waals surface area contributed by atoms with Crippen LogP contribution in [0.5, 0.6) is 0 Å². The van der Waals surface area contributed by atoms with E-state index in [9.17, 15) is 12.8 Å². The summed E-state index contributed by atoms with van der Waals surface area (Å²) in [4.78, 5) is 8.13. The van der Waals surface area contributed by atoms with Crippen LogP contribution >= 0.6 is 0 Å². The number of nitrogens with zero attached hydrogens (tertiary/aromatic N) is 4. The molecule has 0 fully saturated rings. The lowest BCUT2D eigenvalue weighted by Gasteiger charge is -2.17. The zero-order valence-electron chi connectivity index (χ0n) is 14.8. The van der Waals surface area contributed by atoms with Gasteiger partial charge in [-0.05, 0) is 18.4 Å². The Kier molecular flexibility index (Phi) is 5.61. The first kappa shape index (κ1) is 19.1. The summed E-state index contributed by atoms with van der Waals surface area (Å²) >= 11 is 0. The van der Waals surface area contributed by atoms with E-state index in [0.717, 1.165) is 0 Å². The van der Waals surface area contributed by atoms with Crippen LogP contribution in [0.4, 0.5) is 4.39 Å². The van der Waals surface area contributed by atoms with E-state index in [0.29, 0.717) is 12.2 Å². The highest BCUT2D eigenvalue weighted by molar-refractivity contribution is 7.88. The highest BCUT2D eigenvalue weighted by Crippen LogP contribution is 2.23. The quantitative estimate of drug-likeness (QED) is 0.599. The fourth-order valence-electron chi connectivity index (χ4n) is 2.54. The van der Waals surface area contributed by atoms with Crippen molar-refractivity contribution in [3.05, 3.63) is 47.9 Å². The van der Waals surface area contributed by atoms with Crippen molar-refractivity contribution in [1.29, 1.82) is 0 Å². The van der Waals surface area contributed by atoms with Crippen molar-refractivity contribution in [3.63, 3.8) is 0 Å². The van der Waals surface area contributed by atoms with E-state index in [-0.39, 0.29) is 23.2 Å². The number of nitrogens with one attached hydrogen (secondary N) is 2. The zero-order valence-corrected chi connectivity index (χ0v) is 15.6. The highest BCUT2D eigenvalue weighted by Gasteiger charge is 2.27. The van der Waals surface area contributed by atoms with E-state index >= 15 is 0 Å². The lowest BCUT2D eigenvalue weighted by Crippen LogP contribution is -2.31. The van der Waals surface area contributed by atoms with Crippen LogP contribution in [0.25, 0.3) is 11.6 Å². The van der Waals surface area contributed by atoms with Crippen LogP contribution in [0.2, 0.25) is 0 Å². The average Bonchev–Trinajstić information content (AvgIpc) is 3.26. The molecule has 9 nitrogen and oxygen atoms in total. The maximum absolute atomic E-state index is 13.8. The number of H-pyrrole nitrogens is 1. The van der Waals surface area contributed by atoms with Gasteiger partial charge in [-0.3, -0.25) is 5.10 Å². The molecule has 0 spiro atoms. The molecule has 0 saturated carbocycles. The van der Waals surface area contributed by atoms with Gasteiger partial charge in [0, 0.05) is 5.56 Å². The van der Waals surface area contributed by atoms with Crippen LogP contribution < -0.4 is 4.72 Å². The lowest BCUT2D eigenvalue weighted by molar-refractivity contribution is 0.323. The second-order valence-corrected chi connectivity index (χ2v) is 8.19. The molecule has 0 aliphatic rings. The number of aromatic nitrogens is 5. The van der Waals surface area contributed by atoms with Crippen molar-refractivity contribution in [3.8, 4) is 11.6 Å². The summed E-state index contributed by atoms with van der Waals surface area (Å²) in [7, 11) is -3.85. The van der Waals surface area contributed by atoms with Crippen molar-refractivity contribution in [2.45, 2.75) is 32.1 Å². The number of hydrogen-bond acceptors (Lipinski definition) is 7. The van der Waals surface area contributed by atoms with Crippen molar-refractivity contribution in [1.82, 2.24) is 30.0 Å². The van der Waals surface area contributed by atoms with Gasteiger partial charge in [0.1, 0.15) is 18.2 Å². The molecule has 1 aromatic carbocycles. The van der Waals surface area contributed by atoms with Crippen LogP contribution in [-0.4, -0.2) is 33.7 Å². The first-order chi connectivity index (χ1) is 12.8. The number of aromatic amines is 1. The predicted octanol–water partition coefficient (Wildman–Crippen LogP) is 2.20. The van der Waals surface area contributed by atoms with Crippen molar-refractivity contribution < 1.29 is 17.3 Å². The largest absolute Gasteiger partial charge is 0.337 e. The maximum atomic E-state index is 13.8. The van der Waals surface area contributed by atoms with Gasteiger partial charge in [0.2, 0.25) is 21.7 Å². The van der Waals surface area contributed by atoms with Gasteiger partial charge >= 0.3 is 0 Å². The van der Waals surface area contributed by atoms with E-state index in [2.05, 4.69) is 30.0 Å². The Morgan fingerprint density at radius 3 is 2.74 bits per heavy atom. The summed E-state index contributed by atoms with van der Waals surface area (Å²) in [5, 5.41) is 10.1. The Balaban J connectivity index is 1.81. The van der Waals surface area contributed by atoms with Gasteiger partial charge in [-0.25, -0.2) is 22.5 Å². The molecule has 2 N–H and O–H groups in total. The summed E-state index contributed by atoms with van der Waals surface area (Å²) in [5.74, 6) is -0.336. The molecule has 0 amide bonds. The highest BCUT2D eigenvalue weighted by atomic mass is 32.2. The van der Waals surface area contributed by atoms with Crippen LogP contribution in [0.1, 0.15) is 37.8 Å².